The lowest BCUT2D eigenvalue weighted by molar-refractivity contribution is 0.110. The summed E-state index contributed by atoms with van der Waals surface area (Å²) in [4.78, 5) is 7.28. The Morgan fingerprint density at radius 2 is 1.94 bits per heavy atom. The molecule has 1 aromatic carbocycles. The minimum atomic E-state index is 0.648. The number of likely N-dealkylation sites (tertiary alicyclic amines) is 1. The highest BCUT2D eigenvalue weighted by molar-refractivity contribution is 7.10. The molecule has 0 bridgehead atoms. The summed E-state index contributed by atoms with van der Waals surface area (Å²) in [5, 5.41) is 3.48. The van der Waals surface area contributed by atoms with Crippen molar-refractivity contribution in [2.24, 2.45) is 0 Å². The topological polar surface area (TPSA) is 16.1 Å². The molecule has 0 unspecified atom stereocenters. The predicted octanol–water partition coefficient (Wildman–Crippen LogP) is 3.62. The van der Waals surface area contributed by atoms with Crippen LogP contribution in [0.15, 0.2) is 35.7 Å². The fraction of sp³-hybridized carbons (Fsp3) is 0.400. The summed E-state index contributed by atoms with van der Waals surface area (Å²) in [6.45, 7) is 6.85. The zero-order valence-corrected chi connectivity index (χ0v) is 11.7. The molecule has 0 aliphatic carbocycles. The quantitative estimate of drug-likeness (QED) is 0.836. The van der Waals surface area contributed by atoms with Gasteiger partial charge in [-0.3, -0.25) is 4.90 Å². The third-order valence-corrected chi connectivity index (χ3v) is 4.59. The SMILES string of the molecule is CC(C)N1CC(c2nc(-c3ccccc3)cs2)C1. The molecule has 2 nitrogen and oxygen atoms in total. The van der Waals surface area contributed by atoms with Crippen LogP contribution >= 0.6 is 11.3 Å². The van der Waals surface area contributed by atoms with Crippen LogP contribution in [-0.2, 0) is 0 Å². The standard InChI is InChI=1S/C15H18N2S/c1-11(2)17-8-13(9-17)15-16-14(10-18-15)12-6-4-3-5-7-12/h3-7,10-11,13H,8-9H2,1-2H3. The summed E-state index contributed by atoms with van der Waals surface area (Å²) in [6.07, 6.45) is 0. The molecular weight excluding hydrogens is 240 g/mol. The van der Waals surface area contributed by atoms with Crippen LogP contribution in [0, 0.1) is 0 Å². The average Bonchev–Trinajstić information content (AvgIpc) is 2.77. The van der Waals surface area contributed by atoms with Gasteiger partial charge in [0.1, 0.15) is 0 Å². The molecule has 1 aromatic heterocycles. The van der Waals surface area contributed by atoms with Gasteiger partial charge in [-0.25, -0.2) is 4.98 Å². The van der Waals surface area contributed by atoms with E-state index >= 15 is 0 Å². The molecule has 94 valence electrons. The highest BCUT2D eigenvalue weighted by atomic mass is 32.1. The van der Waals surface area contributed by atoms with Gasteiger partial charge in [-0.15, -0.1) is 11.3 Å². The van der Waals surface area contributed by atoms with E-state index in [2.05, 4.69) is 48.4 Å². The second-order valence-electron chi connectivity index (χ2n) is 5.18. The van der Waals surface area contributed by atoms with E-state index in [9.17, 15) is 0 Å². The van der Waals surface area contributed by atoms with Gasteiger partial charge in [-0.05, 0) is 13.8 Å². The van der Waals surface area contributed by atoms with Crippen molar-refractivity contribution in [2.75, 3.05) is 13.1 Å². The Kier molecular flexibility index (Phi) is 3.18. The number of rotatable bonds is 3. The summed E-state index contributed by atoms with van der Waals surface area (Å²) in [5.74, 6) is 0.648. The number of aromatic nitrogens is 1. The van der Waals surface area contributed by atoms with Crippen molar-refractivity contribution >= 4 is 11.3 Å². The largest absolute Gasteiger partial charge is 0.299 e. The predicted molar refractivity (Wildman–Crippen MR) is 77.0 cm³/mol. The number of benzene rings is 1. The molecular formula is C15H18N2S. The molecule has 2 heterocycles. The normalized spacial score (nSPS) is 17.1. The van der Waals surface area contributed by atoms with Crippen molar-refractivity contribution in [3.63, 3.8) is 0 Å². The molecule has 0 N–H and O–H groups in total. The minimum Gasteiger partial charge on any atom is -0.299 e. The molecule has 18 heavy (non-hydrogen) atoms. The molecule has 0 radical (unpaired) electrons. The Balaban J connectivity index is 1.72. The van der Waals surface area contributed by atoms with E-state index < -0.39 is 0 Å². The Bertz CT molecular complexity index is 512. The van der Waals surface area contributed by atoms with Crippen LogP contribution in [0.3, 0.4) is 0 Å². The van der Waals surface area contributed by atoms with Gasteiger partial charge in [-0.1, -0.05) is 30.3 Å². The first-order chi connectivity index (χ1) is 8.74. The summed E-state index contributed by atoms with van der Waals surface area (Å²) in [7, 11) is 0. The molecule has 1 saturated heterocycles. The molecule has 0 spiro atoms. The van der Waals surface area contributed by atoms with Crippen molar-refractivity contribution in [1.82, 2.24) is 9.88 Å². The van der Waals surface area contributed by atoms with Gasteiger partial charge in [0.25, 0.3) is 0 Å². The summed E-state index contributed by atoms with van der Waals surface area (Å²) >= 11 is 1.80. The van der Waals surface area contributed by atoms with Gasteiger partial charge < -0.3 is 0 Å². The zero-order valence-electron chi connectivity index (χ0n) is 10.8. The third kappa shape index (κ3) is 2.20. The maximum Gasteiger partial charge on any atom is 0.0989 e. The molecule has 1 aliphatic rings. The van der Waals surface area contributed by atoms with E-state index in [1.807, 2.05) is 6.07 Å². The van der Waals surface area contributed by atoms with Crippen LogP contribution in [-0.4, -0.2) is 29.0 Å². The van der Waals surface area contributed by atoms with E-state index in [0.717, 1.165) is 5.69 Å². The molecule has 3 heteroatoms. The molecule has 0 amide bonds. The van der Waals surface area contributed by atoms with Gasteiger partial charge in [0.15, 0.2) is 0 Å². The molecule has 1 fully saturated rings. The van der Waals surface area contributed by atoms with Crippen molar-refractivity contribution in [1.29, 1.82) is 0 Å². The first kappa shape index (κ1) is 11.9. The van der Waals surface area contributed by atoms with Crippen molar-refractivity contribution in [3.05, 3.63) is 40.7 Å². The minimum absolute atomic E-state index is 0.648. The lowest BCUT2D eigenvalue weighted by atomic mass is 9.99. The van der Waals surface area contributed by atoms with Crippen LogP contribution in [0.2, 0.25) is 0 Å². The van der Waals surface area contributed by atoms with Crippen molar-refractivity contribution in [3.8, 4) is 11.3 Å². The van der Waals surface area contributed by atoms with Crippen LogP contribution in [0.1, 0.15) is 24.8 Å². The lowest BCUT2D eigenvalue weighted by Gasteiger charge is -2.41. The number of nitrogens with zero attached hydrogens (tertiary/aromatic N) is 2. The van der Waals surface area contributed by atoms with E-state index in [1.54, 1.807) is 11.3 Å². The molecule has 3 rings (SSSR count). The Morgan fingerprint density at radius 1 is 1.22 bits per heavy atom. The highest BCUT2D eigenvalue weighted by Gasteiger charge is 2.31. The van der Waals surface area contributed by atoms with Crippen LogP contribution in [0.5, 0.6) is 0 Å². The Labute approximate surface area is 112 Å². The summed E-state index contributed by atoms with van der Waals surface area (Å²) < 4.78 is 0. The van der Waals surface area contributed by atoms with E-state index in [1.165, 1.54) is 23.7 Å². The average molecular weight is 258 g/mol. The van der Waals surface area contributed by atoms with Crippen LogP contribution in [0.25, 0.3) is 11.3 Å². The first-order valence-electron chi connectivity index (χ1n) is 6.49. The van der Waals surface area contributed by atoms with Crippen molar-refractivity contribution in [2.45, 2.75) is 25.8 Å². The number of thiazole rings is 1. The highest BCUT2D eigenvalue weighted by Crippen LogP contribution is 2.32. The number of hydrogen-bond acceptors (Lipinski definition) is 3. The molecule has 0 atom stereocenters. The summed E-state index contributed by atoms with van der Waals surface area (Å²) in [5.41, 5.74) is 2.35. The lowest BCUT2D eigenvalue weighted by Crippen LogP contribution is -2.48. The maximum atomic E-state index is 4.79. The van der Waals surface area contributed by atoms with Gasteiger partial charge in [0.2, 0.25) is 0 Å². The van der Waals surface area contributed by atoms with Crippen molar-refractivity contribution < 1.29 is 0 Å². The Morgan fingerprint density at radius 3 is 2.61 bits per heavy atom. The van der Waals surface area contributed by atoms with Crippen LogP contribution < -0.4 is 0 Å². The molecule has 1 aliphatic heterocycles. The second-order valence-corrected chi connectivity index (χ2v) is 6.07. The van der Waals surface area contributed by atoms with E-state index in [4.69, 9.17) is 4.98 Å². The monoisotopic (exact) mass is 258 g/mol. The number of hydrogen-bond donors (Lipinski definition) is 0. The second kappa shape index (κ2) is 4.82. The first-order valence-corrected chi connectivity index (χ1v) is 7.37. The fourth-order valence-corrected chi connectivity index (χ4v) is 3.22. The van der Waals surface area contributed by atoms with Crippen LogP contribution in [0.4, 0.5) is 0 Å². The Hall–Kier alpha value is -1.19. The van der Waals surface area contributed by atoms with Gasteiger partial charge in [0, 0.05) is 36.0 Å². The molecule has 0 saturated carbocycles. The van der Waals surface area contributed by atoms with Gasteiger partial charge in [-0.2, -0.15) is 0 Å². The fourth-order valence-electron chi connectivity index (χ4n) is 2.31. The smallest absolute Gasteiger partial charge is 0.0989 e. The van der Waals surface area contributed by atoms with Gasteiger partial charge >= 0.3 is 0 Å². The maximum absolute atomic E-state index is 4.79. The zero-order chi connectivity index (χ0) is 12.5. The molecule has 2 aromatic rings. The third-order valence-electron chi connectivity index (χ3n) is 3.58. The van der Waals surface area contributed by atoms with E-state index in [0.29, 0.717) is 12.0 Å². The van der Waals surface area contributed by atoms with E-state index in [-0.39, 0.29) is 0 Å². The van der Waals surface area contributed by atoms with Gasteiger partial charge in [0.05, 0.1) is 10.7 Å². The summed E-state index contributed by atoms with van der Waals surface area (Å²) in [6, 6.07) is 11.1.